The lowest BCUT2D eigenvalue weighted by Crippen LogP contribution is -1.93. The van der Waals surface area contributed by atoms with Gasteiger partial charge in [0.15, 0.2) is 0 Å². The summed E-state index contributed by atoms with van der Waals surface area (Å²) in [7, 11) is 0. The summed E-state index contributed by atoms with van der Waals surface area (Å²) in [4.78, 5) is 0. The number of hydrogen-bond acceptors (Lipinski definition) is 2. The number of furan rings is 1. The van der Waals surface area contributed by atoms with E-state index in [4.69, 9.17) is 4.42 Å². The van der Waals surface area contributed by atoms with Crippen LogP contribution in [-0.4, -0.2) is 9.13 Å². The van der Waals surface area contributed by atoms with Crippen LogP contribution in [0.5, 0.6) is 0 Å². The van der Waals surface area contributed by atoms with E-state index >= 15 is 0 Å². The molecule has 260 valence electrons. The zero-order valence-electron chi connectivity index (χ0n) is 30.0. The van der Waals surface area contributed by atoms with E-state index in [1.165, 1.54) is 80.1 Å². The Kier molecular flexibility index (Phi) is 6.04. The fraction of sp³-hybridized carbons (Fsp3) is 0. The van der Waals surface area contributed by atoms with Crippen molar-refractivity contribution >= 4 is 108 Å². The van der Waals surface area contributed by atoms with E-state index in [0.717, 1.165) is 38.9 Å². The molecule has 3 nitrogen and oxygen atoms in total. The van der Waals surface area contributed by atoms with Gasteiger partial charge in [-0.25, -0.2) is 0 Å². The first kappa shape index (κ1) is 30.2. The molecule has 13 rings (SSSR count). The third-order valence-corrected chi connectivity index (χ3v) is 13.1. The number of para-hydroxylation sites is 3. The molecule has 0 radical (unpaired) electrons. The smallest absolute Gasteiger partial charge is 0.136 e. The molecule has 13 aromatic rings. The molecule has 4 heteroatoms. The van der Waals surface area contributed by atoms with Crippen LogP contribution in [0.25, 0.3) is 119 Å². The van der Waals surface area contributed by atoms with Crippen molar-refractivity contribution < 1.29 is 4.42 Å². The molecular weight excluding hydrogens is 701 g/mol. The summed E-state index contributed by atoms with van der Waals surface area (Å²) < 4.78 is 14.1. The molecule has 0 aliphatic carbocycles. The van der Waals surface area contributed by atoms with Crippen molar-refractivity contribution in [3.63, 3.8) is 0 Å². The van der Waals surface area contributed by atoms with E-state index in [9.17, 15) is 0 Å². The van der Waals surface area contributed by atoms with Gasteiger partial charge < -0.3 is 13.6 Å². The van der Waals surface area contributed by atoms with Crippen LogP contribution in [0, 0.1) is 0 Å². The largest absolute Gasteiger partial charge is 0.456 e. The number of benzene rings is 9. The fourth-order valence-electron chi connectivity index (χ4n) is 9.59. The van der Waals surface area contributed by atoms with Crippen molar-refractivity contribution in [2.24, 2.45) is 0 Å². The molecule has 4 heterocycles. The predicted molar refractivity (Wildman–Crippen MR) is 238 cm³/mol. The standard InChI is InChI=1S/C52H30N2OS/c1-2-13-32(14-3-1)54-44-27-25-31(29-40(44)49-37-17-4-5-18-38(37)50-39-19-8-11-24-47(39)56-52(50)51(49)54)34-20-12-23-46-48(34)41-30-33(26-28-45(41)55-46)53-42-21-9-6-15-35(42)36-16-7-10-22-43(36)53/h1-30H. The third-order valence-electron chi connectivity index (χ3n) is 11.9. The number of nitrogens with zero attached hydrogens (tertiary/aromatic N) is 2. The minimum Gasteiger partial charge on any atom is -0.456 e. The molecule has 4 aromatic heterocycles. The van der Waals surface area contributed by atoms with Gasteiger partial charge in [-0.15, -0.1) is 11.3 Å². The summed E-state index contributed by atoms with van der Waals surface area (Å²) in [5.41, 5.74) is 11.2. The minimum absolute atomic E-state index is 0.886. The average Bonchev–Trinajstić information content (AvgIpc) is 4.01. The second-order valence-corrected chi connectivity index (χ2v) is 15.9. The second kappa shape index (κ2) is 11.2. The summed E-state index contributed by atoms with van der Waals surface area (Å²) in [6.45, 7) is 0. The van der Waals surface area contributed by atoms with Crippen molar-refractivity contribution in [2.75, 3.05) is 0 Å². The molecule has 0 atom stereocenters. The van der Waals surface area contributed by atoms with Crippen LogP contribution >= 0.6 is 11.3 Å². The lowest BCUT2D eigenvalue weighted by molar-refractivity contribution is 0.669. The van der Waals surface area contributed by atoms with Crippen molar-refractivity contribution in [1.82, 2.24) is 9.13 Å². The van der Waals surface area contributed by atoms with E-state index < -0.39 is 0 Å². The lowest BCUT2D eigenvalue weighted by Gasteiger charge is -2.10. The first-order chi connectivity index (χ1) is 27.8. The van der Waals surface area contributed by atoms with Gasteiger partial charge in [0, 0.05) is 59.2 Å². The van der Waals surface area contributed by atoms with Crippen LogP contribution in [-0.2, 0) is 0 Å². The maximum Gasteiger partial charge on any atom is 0.136 e. The van der Waals surface area contributed by atoms with Gasteiger partial charge in [0.1, 0.15) is 11.2 Å². The van der Waals surface area contributed by atoms with Gasteiger partial charge in [-0.2, -0.15) is 0 Å². The van der Waals surface area contributed by atoms with Crippen LogP contribution in [0.3, 0.4) is 0 Å². The molecule has 9 aromatic carbocycles. The van der Waals surface area contributed by atoms with Gasteiger partial charge >= 0.3 is 0 Å². The molecule has 0 fully saturated rings. The van der Waals surface area contributed by atoms with Gasteiger partial charge in [-0.3, -0.25) is 0 Å². The Balaban J connectivity index is 1.12. The van der Waals surface area contributed by atoms with E-state index in [-0.39, 0.29) is 0 Å². The first-order valence-electron chi connectivity index (χ1n) is 19.1. The van der Waals surface area contributed by atoms with Crippen molar-refractivity contribution in [2.45, 2.75) is 0 Å². The Morgan fingerprint density at radius 1 is 0.375 bits per heavy atom. The van der Waals surface area contributed by atoms with E-state index in [2.05, 4.69) is 191 Å². The van der Waals surface area contributed by atoms with Crippen molar-refractivity contribution in [1.29, 1.82) is 0 Å². The number of hydrogen-bond donors (Lipinski definition) is 0. The van der Waals surface area contributed by atoms with Crippen LogP contribution in [0.4, 0.5) is 0 Å². The Bertz CT molecular complexity index is 3710. The predicted octanol–water partition coefficient (Wildman–Crippen LogP) is 15.0. The second-order valence-electron chi connectivity index (χ2n) is 14.8. The summed E-state index contributed by atoms with van der Waals surface area (Å²) in [6, 6.07) is 66.2. The molecule has 0 unspecified atom stereocenters. The highest BCUT2D eigenvalue weighted by Crippen LogP contribution is 2.49. The molecule has 0 N–H and O–H groups in total. The summed E-state index contributed by atoms with van der Waals surface area (Å²) in [5, 5.41) is 12.5. The van der Waals surface area contributed by atoms with Crippen molar-refractivity contribution in [3.05, 3.63) is 182 Å². The number of rotatable bonds is 3. The van der Waals surface area contributed by atoms with E-state index in [1.54, 1.807) is 0 Å². The molecule has 0 bridgehead atoms. The maximum atomic E-state index is 6.60. The Morgan fingerprint density at radius 2 is 1.04 bits per heavy atom. The Hall–Kier alpha value is -7.14. The monoisotopic (exact) mass is 730 g/mol. The highest BCUT2D eigenvalue weighted by molar-refractivity contribution is 7.27. The third kappa shape index (κ3) is 4.01. The molecule has 0 amide bonds. The van der Waals surface area contributed by atoms with Crippen LogP contribution < -0.4 is 0 Å². The highest BCUT2D eigenvalue weighted by Gasteiger charge is 2.23. The molecule has 0 saturated heterocycles. The van der Waals surface area contributed by atoms with Gasteiger partial charge in [-0.1, -0.05) is 115 Å². The normalized spacial score (nSPS) is 12.3. The lowest BCUT2D eigenvalue weighted by atomic mass is 9.95. The number of aromatic nitrogens is 2. The summed E-state index contributed by atoms with van der Waals surface area (Å²) in [6.07, 6.45) is 0. The molecular formula is C52H30N2OS. The fourth-order valence-corrected chi connectivity index (χ4v) is 10.8. The van der Waals surface area contributed by atoms with Crippen molar-refractivity contribution in [3.8, 4) is 22.5 Å². The van der Waals surface area contributed by atoms with Gasteiger partial charge in [-0.05, 0) is 88.6 Å². The molecule has 0 aliphatic heterocycles. The molecule has 56 heavy (non-hydrogen) atoms. The SMILES string of the molecule is c1ccc(-n2c3ccc(-c4cccc5oc6ccc(-n7c8ccccc8c8ccccc87)cc6c45)cc3c3c4ccccc4c4c5ccccc5sc4c32)cc1. The highest BCUT2D eigenvalue weighted by atomic mass is 32.1. The van der Waals surface area contributed by atoms with Gasteiger partial charge in [0.05, 0.1) is 26.8 Å². The minimum atomic E-state index is 0.886. The molecule has 0 spiro atoms. The Morgan fingerprint density at radius 3 is 1.82 bits per heavy atom. The van der Waals surface area contributed by atoms with E-state index in [1.807, 2.05) is 11.3 Å². The van der Waals surface area contributed by atoms with Crippen LogP contribution in [0.15, 0.2) is 186 Å². The zero-order chi connectivity index (χ0) is 36.5. The quantitative estimate of drug-likeness (QED) is 0.177. The summed E-state index contributed by atoms with van der Waals surface area (Å²) >= 11 is 1.90. The maximum absolute atomic E-state index is 6.60. The molecule has 0 saturated carbocycles. The topological polar surface area (TPSA) is 23.0 Å². The first-order valence-corrected chi connectivity index (χ1v) is 19.9. The van der Waals surface area contributed by atoms with Crippen LogP contribution in [0.2, 0.25) is 0 Å². The number of thiophene rings is 1. The van der Waals surface area contributed by atoms with Crippen LogP contribution in [0.1, 0.15) is 0 Å². The zero-order valence-corrected chi connectivity index (χ0v) is 30.8. The average molecular weight is 731 g/mol. The Labute approximate surface area is 324 Å². The van der Waals surface area contributed by atoms with E-state index in [0.29, 0.717) is 0 Å². The van der Waals surface area contributed by atoms with Gasteiger partial charge in [0.25, 0.3) is 0 Å². The summed E-state index contributed by atoms with van der Waals surface area (Å²) in [5.74, 6) is 0. The van der Waals surface area contributed by atoms with Gasteiger partial charge in [0.2, 0.25) is 0 Å². The molecule has 0 aliphatic rings. The number of fused-ring (bicyclic) bond motifs is 16.